The first-order chi connectivity index (χ1) is 9.54. The van der Waals surface area contributed by atoms with Gasteiger partial charge in [0.2, 0.25) is 5.91 Å². The van der Waals surface area contributed by atoms with Gasteiger partial charge in [-0.2, -0.15) is 0 Å². The van der Waals surface area contributed by atoms with E-state index >= 15 is 0 Å². The Morgan fingerprint density at radius 3 is 2.70 bits per heavy atom. The van der Waals surface area contributed by atoms with Gasteiger partial charge >= 0.3 is 0 Å². The Balaban J connectivity index is 2.07. The van der Waals surface area contributed by atoms with Gasteiger partial charge in [0.25, 0.3) is 0 Å². The minimum atomic E-state index is -0.397. The lowest BCUT2D eigenvalue weighted by Crippen LogP contribution is -2.06. The molecule has 0 aliphatic rings. The average Bonchev–Trinajstić information content (AvgIpc) is 2.39. The Bertz CT molecular complexity index is 629. The number of halogens is 1. The number of nitrogens with one attached hydrogen (secondary N) is 2. The number of phenolic OH excluding ortho intramolecular Hbond substituents is 1. The number of aromatic hydroxyl groups is 1. The zero-order valence-corrected chi connectivity index (χ0v) is 11.0. The molecule has 0 unspecified atom stereocenters. The van der Waals surface area contributed by atoms with Crippen LogP contribution in [0.4, 0.5) is 15.8 Å². The number of carbonyl (C=O) groups excluding carboxylic acids is 1. The first-order valence-electron chi connectivity index (χ1n) is 6.13. The van der Waals surface area contributed by atoms with Gasteiger partial charge in [-0.05, 0) is 36.4 Å². The van der Waals surface area contributed by atoms with Crippen LogP contribution in [0.3, 0.4) is 0 Å². The van der Waals surface area contributed by atoms with Crippen molar-refractivity contribution >= 4 is 17.3 Å². The highest BCUT2D eigenvalue weighted by Gasteiger charge is 2.03. The van der Waals surface area contributed by atoms with E-state index in [1.54, 1.807) is 18.2 Å². The predicted molar refractivity (Wildman–Crippen MR) is 76.1 cm³/mol. The van der Waals surface area contributed by atoms with Crippen LogP contribution in [-0.2, 0) is 11.3 Å². The molecule has 0 aromatic heterocycles. The number of carbonyl (C=O) groups is 1. The summed E-state index contributed by atoms with van der Waals surface area (Å²) in [5, 5.41) is 15.4. The van der Waals surface area contributed by atoms with E-state index in [1.807, 2.05) is 6.07 Å². The molecule has 2 aromatic carbocycles. The summed E-state index contributed by atoms with van der Waals surface area (Å²) < 4.78 is 13.1. The maximum absolute atomic E-state index is 13.1. The highest BCUT2D eigenvalue weighted by Crippen LogP contribution is 2.20. The molecule has 0 saturated heterocycles. The van der Waals surface area contributed by atoms with Crippen LogP contribution in [0.5, 0.6) is 5.75 Å². The zero-order chi connectivity index (χ0) is 14.5. The van der Waals surface area contributed by atoms with Crippen molar-refractivity contribution in [3.8, 4) is 5.75 Å². The standard InChI is InChI=1S/C15H15FN2O2/c1-10(19)18-14-4-2-3-13(8-14)17-9-11-7-12(16)5-6-15(11)20/h2-8,17,20H,9H2,1H3,(H,18,19). The number of rotatable bonds is 4. The second-order valence-corrected chi connectivity index (χ2v) is 4.39. The highest BCUT2D eigenvalue weighted by atomic mass is 19.1. The minimum absolute atomic E-state index is 0.0388. The number of phenols is 1. The molecule has 0 atom stereocenters. The Morgan fingerprint density at radius 1 is 1.20 bits per heavy atom. The number of amides is 1. The van der Waals surface area contributed by atoms with Crippen molar-refractivity contribution in [1.29, 1.82) is 0 Å². The van der Waals surface area contributed by atoms with E-state index in [4.69, 9.17) is 0 Å². The quantitative estimate of drug-likeness (QED) is 0.802. The van der Waals surface area contributed by atoms with Crippen molar-refractivity contribution in [2.75, 3.05) is 10.6 Å². The maximum Gasteiger partial charge on any atom is 0.221 e. The molecule has 104 valence electrons. The van der Waals surface area contributed by atoms with Gasteiger partial charge in [0.05, 0.1) is 0 Å². The van der Waals surface area contributed by atoms with Gasteiger partial charge in [-0.15, -0.1) is 0 Å². The smallest absolute Gasteiger partial charge is 0.221 e. The molecule has 4 nitrogen and oxygen atoms in total. The van der Waals surface area contributed by atoms with E-state index in [9.17, 15) is 14.3 Å². The number of anilines is 2. The van der Waals surface area contributed by atoms with E-state index in [0.717, 1.165) is 5.69 Å². The molecule has 0 aliphatic heterocycles. The van der Waals surface area contributed by atoms with Gasteiger partial charge in [-0.3, -0.25) is 4.79 Å². The third kappa shape index (κ3) is 3.71. The molecule has 0 radical (unpaired) electrons. The molecular formula is C15H15FN2O2. The molecule has 20 heavy (non-hydrogen) atoms. The Morgan fingerprint density at radius 2 is 1.95 bits per heavy atom. The van der Waals surface area contributed by atoms with Crippen LogP contribution in [0.2, 0.25) is 0 Å². The molecule has 2 aromatic rings. The summed E-state index contributed by atoms with van der Waals surface area (Å²) in [5.74, 6) is -0.506. The Hall–Kier alpha value is -2.56. The van der Waals surface area contributed by atoms with Gasteiger partial charge in [0.15, 0.2) is 0 Å². The second-order valence-electron chi connectivity index (χ2n) is 4.39. The molecule has 3 N–H and O–H groups in total. The molecule has 0 fully saturated rings. The SMILES string of the molecule is CC(=O)Nc1cccc(NCc2cc(F)ccc2O)c1. The molecule has 0 heterocycles. The molecule has 0 bridgehead atoms. The van der Waals surface area contributed by atoms with Crippen LogP contribution in [-0.4, -0.2) is 11.0 Å². The van der Waals surface area contributed by atoms with E-state index in [1.165, 1.54) is 25.1 Å². The van der Waals surface area contributed by atoms with Crippen LogP contribution in [0.15, 0.2) is 42.5 Å². The third-order valence-electron chi connectivity index (χ3n) is 2.71. The van der Waals surface area contributed by atoms with E-state index in [-0.39, 0.29) is 18.2 Å². The molecule has 5 heteroatoms. The molecule has 2 rings (SSSR count). The van der Waals surface area contributed by atoms with E-state index in [0.29, 0.717) is 11.3 Å². The minimum Gasteiger partial charge on any atom is -0.508 e. The summed E-state index contributed by atoms with van der Waals surface area (Å²) in [7, 11) is 0. The van der Waals surface area contributed by atoms with Crippen molar-refractivity contribution in [2.24, 2.45) is 0 Å². The van der Waals surface area contributed by atoms with Crippen molar-refractivity contribution in [3.05, 3.63) is 53.8 Å². The fraction of sp³-hybridized carbons (Fsp3) is 0.133. The Labute approximate surface area is 116 Å². The summed E-state index contributed by atoms with van der Waals surface area (Å²) in [5.41, 5.74) is 1.90. The summed E-state index contributed by atoms with van der Waals surface area (Å²) in [4.78, 5) is 11.0. The first kappa shape index (κ1) is 13.9. The van der Waals surface area contributed by atoms with Gasteiger partial charge < -0.3 is 15.7 Å². The van der Waals surface area contributed by atoms with Gasteiger partial charge in [-0.25, -0.2) is 4.39 Å². The summed E-state index contributed by atoms with van der Waals surface area (Å²) in [6, 6.07) is 10.9. The van der Waals surface area contributed by atoms with Crippen LogP contribution >= 0.6 is 0 Å². The molecule has 0 spiro atoms. The monoisotopic (exact) mass is 274 g/mol. The topological polar surface area (TPSA) is 61.4 Å². The largest absolute Gasteiger partial charge is 0.508 e. The van der Waals surface area contributed by atoms with Gasteiger partial charge in [0.1, 0.15) is 11.6 Å². The maximum atomic E-state index is 13.1. The number of hydrogen-bond acceptors (Lipinski definition) is 3. The summed E-state index contributed by atoms with van der Waals surface area (Å²) in [6.45, 7) is 1.72. The van der Waals surface area contributed by atoms with Crippen molar-refractivity contribution < 1.29 is 14.3 Å². The molecule has 0 saturated carbocycles. The second kappa shape index (κ2) is 6.06. The lowest BCUT2D eigenvalue weighted by Gasteiger charge is -2.10. The lowest BCUT2D eigenvalue weighted by molar-refractivity contribution is -0.114. The Kier molecular flexibility index (Phi) is 4.20. The van der Waals surface area contributed by atoms with Crippen LogP contribution in [0, 0.1) is 5.82 Å². The molecule has 1 amide bonds. The predicted octanol–water partition coefficient (Wildman–Crippen LogP) is 3.10. The fourth-order valence-electron chi connectivity index (χ4n) is 1.80. The number of benzene rings is 2. The molecular weight excluding hydrogens is 259 g/mol. The van der Waals surface area contributed by atoms with Crippen LogP contribution < -0.4 is 10.6 Å². The van der Waals surface area contributed by atoms with Crippen LogP contribution in [0.25, 0.3) is 0 Å². The van der Waals surface area contributed by atoms with Crippen molar-refractivity contribution in [3.63, 3.8) is 0 Å². The van der Waals surface area contributed by atoms with Crippen LogP contribution in [0.1, 0.15) is 12.5 Å². The lowest BCUT2D eigenvalue weighted by atomic mass is 10.2. The summed E-state index contributed by atoms with van der Waals surface area (Å²) in [6.07, 6.45) is 0. The average molecular weight is 274 g/mol. The first-order valence-corrected chi connectivity index (χ1v) is 6.13. The summed E-state index contributed by atoms with van der Waals surface area (Å²) >= 11 is 0. The van der Waals surface area contributed by atoms with Gasteiger partial charge in [0, 0.05) is 30.4 Å². The highest BCUT2D eigenvalue weighted by molar-refractivity contribution is 5.89. The van der Waals surface area contributed by atoms with Crippen molar-refractivity contribution in [2.45, 2.75) is 13.5 Å². The van der Waals surface area contributed by atoms with E-state index in [2.05, 4.69) is 10.6 Å². The normalized spacial score (nSPS) is 10.1. The molecule has 0 aliphatic carbocycles. The zero-order valence-electron chi connectivity index (χ0n) is 11.0. The third-order valence-corrected chi connectivity index (χ3v) is 2.71. The number of hydrogen-bond donors (Lipinski definition) is 3. The van der Waals surface area contributed by atoms with Crippen molar-refractivity contribution in [1.82, 2.24) is 0 Å². The fourth-order valence-corrected chi connectivity index (χ4v) is 1.80. The van der Waals surface area contributed by atoms with E-state index < -0.39 is 5.82 Å². The van der Waals surface area contributed by atoms with Gasteiger partial charge in [-0.1, -0.05) is 6.07 Å².